The van der Waals surface area contributed by atoms with Gasteiger partial charge >= 0.3 is 0 Å². The fourth-order valence-corrected chi connectivity index (χ4v) is 5.14. The minimum atomic E-state index is -1.28. The van der Waals surface area contributed by atoms with Crippen molar-refractivity contribution in [3.8, 4) is 0 Å². The maximum Gasteiger partial charge on any atom is 0.292 e. The van der Waals surface area contributed by atoms with Gasteiger partial charge < -0.3 is 26.4 Å². The number of carbonyl (C=O) groups is 4. The van der Waals surface area contributed by atoms with Crippen LogP contribution in [0.15, 0.2) is 35.3 Å². The molecule has 38 heavy (non-hydrogen) atoms. The summed E-state index contributed by atoms with van der Waals surface area (Å²) in [6.07, 6.45) is 3.47. The monoisotopic (exact) mass is 552 g/mol. The second kappa shape index (κ2) is 18.0. The Hall–Kier alpha value is -3.32. The number of benzene rings is 1. The Balaban J connectivity index is 0.000000504. The Kier molecular flexibility index (Phi) is 15.5. The second-order valence-electron chi connectivity index (χ2n) is 8.73. The van der Waals surface area contributed by atoms with E-state index in [1.165, 1.54) is 14.0 Å². The van der Waals surface area contributed by atoms with Gasteiger partial charge in [0.15, 0.2) is 5.96 Å². The highest BCUT2D eigenvalue weighted by Gasteiger charge is 2.45. The molecule has 3 unspecified atom stereocenters. The molecule has 0 aliphatic carbocycles. The molecule has 0 radical (unpaired) electrons. The van der Waals surface area contributed by atoms with Crippen LogP contribution in [-0.4, -0.2) is 88.8 Å². The quantitative estimate of drug-likeness (QED) is 0.158. The molecular weight excluding hydrogens is 512 g/mol. The number of ether oxygens (including phenoxy) is 1. The van der Waals surface area contributed by atoms with Gasteiger partial charge in [-0.05, 0) is 31.7 Å². The molecule has 1 aromatic carbocycles. The number of Topliss-reactive ketones (excluding diaryl/α,β-unsaturated/α-hetero) is 1. The second-order valence-corrected chi connectivity index (χ2v) is 10.2. The predicted octanol–water partition coefficient (Wildman–Crippen LogP) is 0.0798. The molecule has 2 fully saturated rings. The Morgan fingerprint density at radius 2 is 1.89 bits per heavy atom. The zero-order valence-corrected chi connectivity index (χ0v) is 23.2. The number of ketones is 1. The summed E-state index contributed by atoms with van der Waals surface area (Å²) in [5.74, 6) is -0.0135. The van der Waals surface area contributed by atoms with E-state index in [2.05, 4.69) is 22.0 Å². The van der Waals surface area contributed by atoms with Gasteiger partial charge in [-0.3, -0.25) is 24.2 Å². The largest absolute Gasteiger partial charge is 0.471 e. The topological polar surface area (TPSA) is 177 Å². The number of amides is 2. The fourth-order valence-electron chi connectivity index (χ4n) is 3.89. The van der Waals surface area contributed by atoms with E-state index in [4.69, 9.17) is 16.3 Å². The maximum absolute atomic E-state index is 12.6. The summed E-state index contributed by atoms with van der Waals surface area (Å²) in [4.78, 5) is 50.3. The normalized spacial score (nSPS) is 18.9. The Bertz CT molecular complexity index is 957. The van der Waals surface area contributed by atoms with E-state index >= 15 is 0 Å². The number of nitrogens with one attached hydrogen (secondary N) is 1. The van der Waals surface area contributed by atoms with Gasteiger partial charge in [-0.25, -0.2) is 8.51 Å². The molecule has 5 N–H and O–H groups in total. The van der Waals surface area contributed by atoms with Crippen LogP contribution in [0.3, 0.4) is 0 Å². The minimum Gasteiger partial charge on any atom is -0.471 e. The Morgan fingerprint density at radius 1 is 1.24 bits per heavy atom. The van der Waals surface area contributed by atoms with Crippen LogP contribution in [0.5, 0.6) is 0 Å². The molecule has 0 saturated carbocycles. The third kappa shape index (κ3) is 11.8. The van der Waals surface area contributed by atoms with Crippen LogP contribution >= 0.6 is 0 Å². The van der Waals surface area contributed by atoms with E-state index in [1.807, 2.05) is 30.3 Å². The van der Waals surface area contributed by atoms with Crippen LogP contribution in [0, 0.1) is 0 Å². The summed E-state index contributed by atoms with van der Waals surface area (Å²) in [5, 5.41) is 2.59. The maximum atomic E-state index is 12.6. The number of aliphatic imine (C=N–C) groups is 1. The highest BCUT2D eigenvalue weighted by Crippen LogP contribution is 2.29. The number of methoxy groups -OCH3 is 1. The van der Waals surface area contributed by atoms with Gasteiger partial charge in [0.05, 0.1) is 36.9 Å². The molecule has 0 spiro atoms. The van der Waals surface area contributed by atoms with Gasteiger partial charge in [0.1, 0.15) is 11.8 Å². The van der Waals surface area contributed by atoms with Crippen LogP contribution < -0.4 is 16.8 Å². The van der Waals surface area contributed by atoms with E-state index in [9.17, 15) is 18.6 Å². The van der Waals surface area contributed by atoms with E-state index in [-0.39, 0.29) is 42.7 Å². The van der Waals surface area contributed by atoms with Crippen LogP contribution in [0.1, 0.15) is 45.1 Å². The zero-order valence-electron chi connectivity index (χ0n) is 22.3. The predicted molar refractivity (Wildman–Crippen MR) is 146 cm³/mol. The first kappa shape index (κ1) is 32.7. The molecule has 2 aliphatic heterocycles. The number of hydrogen-bond acceptors (Lipinski definition) is 7. The zero-order chi connectivity index (χ0) is 28.5. The molecule has 2 amide bonds. The molecule has 212 valence electrons. The lowest BCUT2D eigenvalue weighted by atomic mass is 10.2. The van der Waals surface area contributed by atoms with Gasteiger partial charge in [-0.2, -0.15) is 0 Å². The summed E-state index contributed by atoms with van der Waals surface area (Å²) in [5.41, 5.74) is 11.1. The summed E-state index contributed by atoms with van der Waals surface area (Å²) in [6.45, 7) is 5.17. The van der Waals surface area contributed by atoms with E-state index < -0.39 is 17.0 Å². The Labute approximate surface area is 226 Å². The third-order valence-electron chi connectivity index (χ3n) is 5.65. The summed E-state index contributed by atoms with van der Waals surface area (Å²) < 4.78 is 18.2. The highest BCUT2D eigenvalue weighted by atomic mass is 32.2. The van der Waals surface area contributed by atoms with Crippen molar-refractivity contribution in [1.29, 1.82) is 0 Å². The van der Waals surface area contributed by atoms with Crippen molar-refractivity contribution in [2.45, 2.75) is 57.4 Å². The van der Waals surface area contributed by atoms with Crippen molar-refractivity contribution in [2.75, 3.05) is 33.3 Å². The summed E-state index contributed by atoms with van der Waals surface area (Å²) >= 11 is 0. The average molecular weight is 553 g/mol. The van der Waals surface area contributed by atoms with Crippen LogP contribution in [0.2, 0.25) is 0 Å². The van der Waals surface area contributed by atoms with Crippen molar-refractivity contribution in [1.82, 2.24) is 14.5 Å². The number of nitrogens with two attached hydrogens (primary N) is 2. The molecule has 3 atom stereocenters. The number of carbonyl (C=O) groups excluding carboxylic acids is 4. The standard InChI is InChI=1S/C18H23N3O4S.C5H13N3.C2H4O2/c1-13(22)9-19-18(24)16-8-7-15-10-20(11-17(23)21(15)16)26(25)12-14-5-3-2-4-6-14;1-2-3-4-8-5(6)7;1-4-2-3/h2-6,15-16H,7-12H2,1H3,(H,19,24);2-4H2,1H3,(H4,6,7,8);2H,1H3. The summed E-state index contributed by atoms with van der Waals surface area (Å²) in [6, 6.07) is 8.90. The number of piperazine rings is 1. The molecule has 2 heterocycles. The van der Waals surface area contributed by atoms with Crippen LogP contribution in [0.25, 0.3) is 0 Å². The van der Waals surface area contributed by atoms with Gasteiger partial charge in [0.2, 0.25) is 11.8 Å². The smallest absolute Gasteiger partial charge is 0.292 e. The number of hydrogen-bond donors (Lipinski definition) is 3. The lowest BCUT2D eigenvalue weighted by molar-refractivity contribution is -0.143. The lowest BCUT2D eigenvalue weighted by Gasteiger charge is -2.38. The molecule has 3 rings (SSSR count). The molecule has 1 aromatic rings. The third-order valence-corrected chi connectivity index (χ3v) is 7.09. The number of nitrogens with zero attached hydrogens (tertiary/aromatic N) is 3. The average Bonchev–Trinajstić information content (AvgIpc) is 3.33. The number of unbranched alkanes of at least 4 members (excludes halogenated alkanes) is 1. The number of rotatable bonds is 10. The summed E-state index contributed by atoms with van der Waals surface area (Å²) in [7, 11) is 0.0340. The fraction of sp³-hybridized carbons (Fsp3) is 0.560. The minimum absolute atomic E-state index is 0.0186. The van der Waals surface area contributed by atoms with Crippen molar-refractivity contribution < 1.29 is 28.1 Å². The van der Waals surface area contributed by atoms with Crippen LogP contribution in [-0.2, 0) is 40.7 Å². The number of guanidine groups is 1. The van der Waals surface area contributed by atoms with Crippen molar-refractivity contribution in [3.05, 3.63) is 35.9 Å². The van der Waals surface area contributed by atoms with E-state index in [1.54, 1.807) is 9.21 Å². The van der Waals surface area contributed by atoms with Gasteiger partial charge in [0.25, 0.3) is 6.47 Å². The highest BCUT2D eigenvalue weighted by molar-refractivity contribution is 7.81. The molecule has 2 saturated heterocycles. The van der Waals surface area contributed by atoms with Crippen molar-refractivity contribution in [3.63, 3.8) is 0 Å². The number of fused-ring (bicyclic) bond motifs is 1. The van der Waals surface area contributed by atoms with Crippen molar-refractivity contribution in [2.24, 2.45) is 16.5 Å². The van der Waals surface area contributed by atoms with Gasteiger partial charge in [-0.15, -0.1) is 0 Å². The molecule has 2 aliphatic rings. The first-order valence-corrected chi connectivity index (χ1v) is 13.7. The lowest BCUT2D eigenvalue weighted by Crippen LogP contribution is -2.59. The molecule has 13 heteroatoms. The molecular formula is C25H40N6O6S. The first-order valence-electron chi connectivity index (χ1n) is 12.4. The van der Waals surface area contributed by atoms with E-state index in [0.29, 0.717) is 31.6 Å². The van der Waals surface area contributed by atoms with Crippen LogP contribution in [0.4, 0.5) is 0 Å². The Morgan fingerprint density at radius 3 is 2.45 bits per heavy atom. The SMILES string of the molecule is CC(=O)CNC(=O)C1CCC2CN(S(=O)Cc3ccccc3)CC(=O)N21.CCCCN=C(N)N.COC=O. The van der Waals surface area contributed by atoms with Gasteiger partial charge in [0, 0.05) is 19.1 Å². The molecule has 12 nitrogen and oxygen atoms in total. The molecule has 0 aromatic heterocycles. The van der Waals surface area contributed by atoms with Gasteiger partial charge in [-0.1, -0.05) is 43.7 Å². The van der Waals surface area contributed by atoms with Crippen molar-refractivity contribution >= 4 is 41.0 Å². The van der Waals surface area contributed by atoms with E-state index in [0.717, 1.165) is 24.9 Å². The molecule has 0 bridgehead atoms. The first-order chi connectivity index (χ1) is 18.1.